The van der Waals surface area contributed by atoms with E-state index in [2.05, 4.69) is 29.2 Å². The smallest absolute Gasteiger partial charge is 0.0628 e. The van der Waals surface area contributed by atoms with Crippen LogP contribution in [0, 0.1) is 0 Å². The zero-order chi connectivity index (χ0) is 12.1. The van der Waals surface area contributed by atoms with Gasteiger partial charge in [-0.1, -0.05) is 24.3 Å². The zero-order valence-corrected chi connectivity index (χ0v) is 10.4. The molecule has 1 aromatic carbocycles. The van der Waals surface area contributed by atoms with Crippen molar-refractivity contribution in [3.8, 4) is 0 Å². The molecule has 2 rings (SSSR count). The predicted octanol–water partition coefficient (Wildman–Crippen LogP) is 1.61. The van der Waals surface area contributed by atoms with Crippen LogP contribution in [0.5, 0.6) is 0 Å². The number of aliphatic hydroxyl groups is 1. The molecule has 0 amide bonds. The second kappa shape index (κ2) is 6.15. The van der Waals surface area contributed by atoms with Crippen molar-refractivity contribution in [2.45, 2.75) is 18.9 Å². The molecule has 0 saturated heterocycles. The van der Waals surface area contributed by atoms with Crippen LogP contribution in [0.25, 0.3) is 0 Å². The van der Waals surface area contributed by atoms with Gasteiger partial charge in [-0.25, -0.2) is 0 Å². The first kappa shape index (κ1) is 12.6. The van der Waals surface area contributed by atoms with Crippen molar-refractivity contribution < 1.29 is 9.84 Å². The average molecular weight is 235 g/mol. The van der Waals surface area contributed by atoms with Gasteiger partial charge < -0.3 is 9.84 Å². The van der Waals surface area contributed by atoms with Crippen LogP contribution < -0.4 is 0 Å². The van der Waals surface area contributed by atoms with E-state index in [0.29, 0.717) is 0 Å². The molecular weight excluding hydrogens is 214 g/mol. The number of hydrogen-bond acceptors (Lipinski definition) is 3. The third-order valence-electron chi connectivity index (χ3n) is 3.49. The molecule has 0 spiro atoms. The van der Waals surface area contributed by atoms with E-state index in [4.69, 9.17) is 4.74 Å². The quantitative estimate of drug-likeness (QED) is 0.787. The summed E-state index contributed by atoms with van der Waals surface area (Å²) >= 11 is 0. The number of nitrogens with zero attached hydrogens (tertiary/aromatic N) is 1. The van der Waals surface area contributed by atoms with Crippen molar-refractivity contribution in [1.29, 1.82) is 0 Å². The fourth-order valence-corrected chi connectivity index (χ4v) is 2.60. The molecule has 0 fully saturated rings. The van der Waals surface area contributed by atoms with Crippen molar-refractivity contribution in [2.75, 3.05) is 33.4 Å². The fraction of sp³-hybridized carbons (Fsp3) is 0.571. The number of hydrogen-bond donors (Lipinski definition) is 1. The van der Waals surface area contributed by atoms with Gasteiger partial charge >= 0.3 is 0 Å². The molecule has 0 aliphatic carbocycles. The van der Waals surface area contributed by atoms with E-state index in [1.165, 1.54) is 11.1 Å². The van der Waals surface area contributed by atoms with Crippen LogP contribution in [-0.4, -0.2) is 43.4 Å². The molecule has 3 nitrogen and oxygen atoms in total. The van der Waals surface area contributed by atoms with Gasteiger partial charge in [-0.15, -0.1) is 0 Å². The summed E-state index contributed by atoms with van der Waals surface area (Å²) in [5.41, 5.74) is 2.67. The number of aliphatic hydroxyl groups excluding tert-OH is 1. The van der Waals surface area contributed by atoms with Crippen molar-refractivity contribution in [3.63, 3.8) is 0 Å². The Morgan fingerprint density at radius 3 is 3.00 bits per heavy atom. The Hall–Kier alpha value is -0.900. The summed E-state index contributed by atoms with van der Waals surface area (Å²) in [7, 11) is 1.73. The average Bonchev–Trinajstić information content (AvgIpc) is 2.38. The molecule has 94 valence electrons. The van der Waals surface area contributed by atoms with E-state index >= 15 is 0 Å². The first-order valence-electron chi connectivity index (χ1n) is 6.28. The zero-order valence-electron chi connectivity index (χ0n) is 10.4. The van der Waals surface area contributed by atoms with E-state index in [1.807, 2.05) is 0 Å². The first-order valence-corrected chi connectivity index (χ1v) is 6.28. The Kier molecular flexibility index (Phi) is 4.54. The van der Waals surface area contributed by atoms with Crippen molar-refractivity contribution >= 4 is 0 Å². The van der Waals surface area contributed by atoms with Gasteiger partial charge in [0.05, 0.1) is 12.6 Å². The summed E-state index contributed by atoms with van der Waals surface area (Å²) in [5, 5.41) is 9.59. The molecule has 1 aliphatic rings. The molecular formula is C14H21NO2. The molecule has 1 N–H and O–H groups in total. The molecule has 0 bridgehead atoms. The summed E-state index contributed by atoms with van der Waals surface area (Å²) in [6, 6.07) is 8.61. The Morgan fingerprint density at radius 1 is 1.41 bits per heavy atom. The minimum absolute atomic E-state index is 0.164. The van der Waals surface area contributed by atoms with Crippen LogP contribution in [-0.2, 0) is 11.2 Å². The minimum atomic E-state index is 0.164. The molecule has 1 aromatic rings. The number of rotatable bonds is 5. The summed E-state index contributed by atoms with van der Waals surface area (Å²) < 4.78 is 5.08. The van der Waals surface area contributed by atoms with Gasteiger partial charge in [0.15, 0.2) is 0 Å². The monoisotopic (exact) mass is 235 g/mol. The summed E-state index contributed by atoms with van der Waals surface area (Å²) in [5.74, 6) is 0. The molecule has 3 heteroatoms. The summed E-state index contributed by atoms with van der Waals surface area (Å²) in [4.78, 5) is 2.36. The maximum Gasteiger partial charge on any atom is 0.0628 e. The van der Waals surface area contributed by atoms with Gasteiger partial charge in [-0.3, -0.25) is 4.90 Å². The van der Waals surface area contributed by atoms with Gasteiger partial charge in [0.25, 0.3) is 0 Å². The van der Waals surface area contributed by atoms with E-state index < -0.39 is 0 Å². The Bertz CT molecular complexity index is 354. The first-order chi connectivity index (χ1) is 8.36. The van der Waals surface area contributed by atoms with Crippen LogP contribution in [0.3, 0.4) is 0 Å². The van der Waals surface area contributed by atoms with E-state index in [1.54, 1.807) is 7.11 Å². The summed E-state index contributed by atoms with van der Waals surface area (Å²) in [6.07, 6.45) is 2.11. The lowest BCUT2D eigenvalue weighted by Crippen LogP contribution is -2.38. The number of ether oxygens (including phenoxy) is 1. The Labute approximate surface area is 103 Å². The predicted molar refractivity (Wildman–Crippen MR) is 68.0 cm³/mol. The lowest BCUT2D eigenvalue weighted by Gasteiger charge is -2.36. The van der Waals surface area contributed by atoms with Gasteiger partial charge in [0, 0.05) is 26.8 Å². The molecule has 1 aliphatic heterocycles. The lowest BCUT2D eigenvalue weighted by atomic mass is 9.93. The molecule has 0 saturated carbocycles. The maximum absolute atomic E-state index is 9.59. The number of benzene rings is 1. The van der Waals surface area contributed by atoms with Gasteiger partial charge in [0.2, 0.25) is 0 Å². The topological polar surface area (TPSA) is 32.7 Å². The molecule has 1 atom stereocenters. The van der Waals surface area contributed by atoms with Crippen molar-refractivity contribution in [1.82, 2.24) is 4.90 Å². The third-order valence-corrected chi connectivity index (χ3v) is 3.49. The third kappa shape index (κ3) is 2.86. The highest BCUT2D eigenvalue weighted by molar-refractivity contribution is 5.32. The van der Waals surface area contributed by atoms with Crippen LogP contribution in [0.2, 0.25) is 0 Å². The molecule has 0 aromatic heterocycles. The van der Waals surface area contributed by atoms with Crippen LogP contribution >= 0.6 is 0 Å². The van der Waals surface area contributed by atoms with Gasteiger partial charge in [-0.05, 0) is 24.0 Å². The van der Waals surface area contributed by atoms with Crippen LogP contribution in [0.15, 0.2) is 24.3 Å². The maximum atomic E-state index is 9.59. The second-order valence-corrected chi connectivity index (χ2v) is 4.53. The lowest BCUT2D eigenvalue weighted by molar-refractivity contribution is 0.1000. The molecule has 1 unspecified atom stereocenters. The molecule has 1 heterocycles. The highest BCUT2D eigenvalue weighted by Crippen LogP contribution is 2.29. The Balaban J connectivity index is 2.06. The molecule has 0 radical (unpaired) electrons. The van der Waals surface area contributed by atoms with Crippen molar-refractivity contribution in [2.24, 2.45) is 0 Å². The largest absolute Gasteiger partial charge is 0.394 e. The fourth-order valence-electron chi connectivity index (χ4n) is 2.60. The van der Waals surface area contributed by atoms with E-state index in [0.717, 1.165) is 32.5 Å². The summed E-state index contributed by atoms with van der Waals surface area (Å²) in [6.45, 7) is 3.01. The minimum Gasteiger partial charge on any atom is -0.394 e. The highest BCUT2D eigenvalue weighted by atomic mass is 16.5. The molecule has 17 heavy (non-hydrogen) atoms. The number of fused-ring (bicyclic) bond motifs is 1. The van der Waals surface area contributed by atoms with E-state index in [-0.39, 0.29) is 12.6 Å². The van der Waals surface area contributed by atoms with Crippen molar-refractivity contribution in [3.05, 3.63) is 35.4 Å². The highest BCUT2D eigenvalue weighted by Gasteiger charge is 2.25. The van der Waals surface area contributed by atoms with Crippen LogP contribution in [0.4, 0.5) is 0 Å². The SMILES string of the molecule is COCCCN1CCc2ccccc2C1CO. The van der Waals surface area contributed by atoms with Gasteiger partial charge in [-0.2, -0.15) is 0 Å². The normalized spacial score (nSPS) is 20.2. The standard InChI is InChI=1S/C14H21NO2/c1-17-10-4-8-15-9-7-12-5-2-3-6-13(12)14(15)11-16/h2-3,5-6,14,16H,4,7-11H2,1H3. The number of methoxy groups -OCH3 is 1. The van der Waals surface area contributed by atoms with Gasteiger partial charge in [0.1, 0.15) is 0 Å². The second-order valence-electron chi connectivity index (χ2n) is 4.53. The Morgan fingerprint density at radius 2 is 2.24 bits per heavy atom. The van der Waals surface area contributed by atoms with Crippen LogP contribution in [0.1, 0.15) is 23.6 Å². The van der Waals surface area contributed by atoms with E-state index in [9.17, 15) is 5.11 Å².